The smallest absolute Gasteiger partial charge is 0.251 e. The minimum absolute atomic E-state index is 0.0313. The summed E-state index contributed by atoms with van der Waals surface area (Å²) >= 11 is 0. The molecule has 112 valence electrons. The number of anilines is 1. The molecule has 0 saturated heterocycles. The Hall–Kier alpha value is -1.51. The minimum atomic E-state index is 0.0313. The molecule has 1 amide bonds. The van der Waals surface area contributed by atoms with Crippen LogP contribution in [0.25, 0.3) is 0 Å². The topological polar surface area (TPSA) is 32.3 Å². The summed E-state index contributed by atoms with van der Waals surface area (Å²) in [6, 6.07) is 8.20. The van der Waals surface area contributed by atoms with Gasteiger partial charge in [-0.3, -0.25) is 4.79 Å². The summed E-state index contributed by atoms with van der Waals surface area (Å²) in [4.78, 5) is 14.4. The first-order valence-electron chi connectivity index (χ1n) is 7.82. The van der Waals surface area contributed by atoms with E-state index in [1.54, 1.807) is 0 Å². The number of rotatable bonds is 8. The maximum atomic E-state index is 12.1. The second-order valence-electron chi connectivity index (χ2n) is 5.11. The summed E-state index contributed by atoms with van der Waals surface area (Å²) in [5.74, 6) is 0.0313. The molecule has 0 aliphatic heterocycles. The normalized spacial score (nSPS) is 10.7. The van der Waals surface area contributed by atoms with E-state index in [0.717, 1.165) is 37.9 Å². The van der Waals surface area contributed by atoms with Crippen LogP contribution in [0.15, 0.2) is 24.3 Å². The van der Waals surface area contributed by atoms with E-state index in [1.165, 1.54) is 5.69 Å². The molecule has 0 aliphatic rings. The van der Waals surface area contributed by atoms with Gasteiger partial charge in [-0.25, -0.2) is 0 Å². The van der Waals surface area contributed by atoms with Gasteiger partial charge in [0.05, 0.1) is 0 Å². The number of carbonyl (C=O) groups is 1. The Morgan fingerprint density at radius 1 is 1.10 bits per heavy atom. The lowest BCUT2D eigenvalue weighted by Gasteiger charge is -2.22. The summed E-state index contributed by atoms with van der Waals surface area (Å²) in [6.07, 6.45) is 3.08. The molecule has 0 saturated carbocycles. The van der Waals surface area contributed by atoms with E-state index in [1.807, 2.05) is 24.3 Å². The van der Waals surface area contributed by atoms with Crippen molar-refractivity contribution in [2.45, 2.75) is 53.0 Å². The zero-order chi connectivity index (χ0) is 15.0. The van der Waals surface area contributed by atoms with Crippen LogP contribution in [0.2, 0.25) is 0 Å². The quantitative estimate of drug-likeness (QED) is 0.782. The van der Waals surface area contributed by atoms with E-state index < -0.39 is 0 Å². The van der Waals surface area contributed by atoms with Gasteiger partial charge in [0, 0.05) is 30.4 Å². The van der Waals surface area contributed by atoms with Gasteiger partial charge < -0.3 is 10.2 Å². The van der Waals surface area contributed by atoms with E-state index in [-0.39, 0.29) is 11.9 Å². The largest absolute Gasteiger partial charge is 0.372 e. The number of benzene rings is 1. The number of hydrogen-bond acceptors (Lipinski definition) is 2. The Labute approximate surface area is 123 Å². The van der Waals surface area contributed by atoms with Gasteiger partial charge in [0.25, 0.3) is 5.91 Å². The van der Waals surface area contributed by atoms with Crippen molar-refractivity contribution < 1.29 is 4.79 Å². The first kappa shape index (κ1) is 16.5. The monoisotopic (exact) mass is 276 g/mol. The Balaban J connectivity index is 2.72. The van der Waals surface area contributed by atoms with E-state index >= 15 is 0 Å². The molecule has 0 unspecified atom stereocenters. The SMILES string of the molecule is CCCN(CC)c1ccc(C(=O)NC(CC)CC)cc1. The van der Waals surface area contributed by atoms with Crippen molar-refractivity contribution in [1.82, 2.24) is 5.32 Å². The molecule has 1 aromatic rings. The summed E-state index contributed by atoms with van der Waals surface area (Å²) in [5, 5.41) is 3.07. The van der Waals surface area contributed by atoms with Gasteiger partial charge in [-0.15, -0.1) is 0 Å². The Morgan fingerprint density at radius 2 is 1.70 bits per heavy atom. The highest BCUT2D eigenvalue weighted by molar-refractivity contribution is 5.94. The van der Waals surface area contributed by atoms with Crippen LogP contribution in [0.1, 0.15) is 57.3 Å². The van der Waals surface area contributed by atoms with Crippen molar-refractivity contribution >= 4 is 11.6 Å². The van der Waals surface area contributed by atoms with Gasteiger partial charge in [0.1, 0.15) is 0 Å². The number of amides is 1. The molecule has 20 heavy (non-hydrogen) atoms. The van der Waals surface area contributed by atoms with Crippen LogP contribution in [-0.2, 0) is 0 Å². The lowest BCUT2D eigenvalue weighted by atomic mass is 10.1. The first-order valence-corrected chi connectivity index (χ1v) is 7.82. The van der Waals surface area contributed by atoms with Crippen molar-refractivity contribution in [2.75, 3.05) is 18.0 Å². The van der Waals surface area contributed by atoms with Crippen LogP contribution < -0.4 is 10.2 Å². The van der Waals surface area contributed by atoms with Crippen molar-refractivity contribution in [3.05, 3.63) is 29.8 Å². The van der Waals surface area contributed by atoms with Gasteiger partial charge >= 0.3 is 0 Å². The molecule has 1 N–H and O–H groups in total. The molecular formula is C17H28N2O. The van der Waals surface area contributed by atoms with Gasteiger partial charge in [0.15, 0.2) is 0 Å². The van der Waals surface area contributed by atoms with E-state index in [9.17, 15) is 4.79 Å². The Morgan fingerprint density at radius 3 is 2.15 bits per heavy atom. The Kier molecular flexibility index (Phi) is 7.13. The number of carbonyl (C=O) groups excluding carboxylic acids is 1. The van der Waals surface area contributed by atoms with Crippen molar-refractivity contribution in [2.24, 2.45) is 0 Å². The Bertz CT molecular complexity index is 396. The predicted octanol–water partition coefficient (Wildman–Crippen LogP) is 3.84. The molecule has 0 spiro atoms. The highest BCUT2D eigenvalue weighted by Gasteiger charge is 2.11. The van der Waals surface area contributed by atoms with E-state index in [0.29, 0.717) is 0 Å². The molecule has 1 rings (SSSR count). The molecule has 0 aromatic heterocycles. The van der Waals surface area contributed by atoms with Crippen LogP contribution in [0.5, 0.6) is 0 Å². The third-order valence-electron chi connectivity index (χ3n) is 3.69. The van der Waals surface area contributed by atoms with Gasteiger partial charge in [-0.05, 0) is 50.5 Å². The van der Waals surface area contributed by atoms with Crippen LogP contribution in [-0.4, -0.2) is 25.0 Å². The first-order chi connectivity index (χ1) is 9.65. The average molecular weight is 276 g/mol. The van der Waals surface area contributed by atoms with E-state index in [2.05, 4.69) is 37.9 Å². The zero-order valence-electron chi connectivity index (χ0n) is 13.3. The molecule has 0 bridgehead atoms. The lowest BCUT2D eigenvalue weighted by molar-refractivity contribution is 0.0935. The molecular weight excluding hydrogens is 248 g/mol. The number of nitrogens with one attached hydrogen (secondary N) is 1. The fraction of sp³-hybridized carbons (Fsp3) is 0.588. The van der Waals surface area contributed by atoms with Crippen molar-refractivity contribution in [3.8, 4) is 0 Å². The number of hydrogen-bond donors (Lipinski definition) is 1. The van der Waals surface area contributed by atoms with Crippen LogP contribution in [0, 0.1) is 0 Å². The minimum Gasteiger partial charge on any atom is -0.372 e. The van der Waals surface area contributed by atoms with Crippen LogP contribution in [0.4, 0.5) is 5.69 Å². The molecule has 0 atom stereocenters. The summed E-state index contributed by atoms with van der Waals surface area (Å²) in [6.45, 7) is 10.6. The maximum absolute atomic E-state index is 12.1. The van der Waals surface area contributed by atoms with Gasteiger partial charge in [-0.2, -0.15) is 0 Å². The summed E-state index contributed by atoms with van der Waals surface area (Å²) in [5.41, 5.74) is 1.93. The fourth-order valence-corrected chi connectivity index (χ4v) is 2.32. The third-order valence-corrected chi connectivity index (χ3v) is 3.69. The van der Waals surface area contributed by atoms with Gasteiger partial charge in [-0.1, -0.05) is 20.8 Å². The van der Waals surface area contributed by atoms with Gasteiger partial charge in [0.2, 0.25) is 0 Å². The third kappa shape index (κ3) is 4.55. The maximum Gasteiger partial charge on any atom is 0.251 e. The van der Waals surface area contributed by atoms with Crippen LogP contribution in [0.3, 0.4) is 0 Å². The second-order valence-corrected chi connectivity index (χ2v) is 5.11. The standard InChI is InChI=1S/C17H28N2O/c1-5-13-19(8-4)16-11-9-14(10-12-16)17(20)18-15(6-2)7-3/h9-12,15H,5-8,13H2,1-4H3,(H,18,20). The average Bonchev–Trinajstić information content (AvgIpc) is 2.50. The lowest BCUT2D eigenvalue weighted by Crippen LogP contribution is -2.33. The zero-order valence-corrected chi connectivity index (χ0v) is 13.3. The molecule has 0 heterocycles. The predicted molar refractivity (Wildman–Crippen MR) is 86.5 cm³/mol. The van der Waals surface area contributed by atoms with Crippen LogP contribution >= 0.6 is 0 Å². The molecule has 0 fully saturated rings. The summed E-state index contributed by atoms with van der Waals surface area (Å²) < 4.78 is 0. The molecule has 3 nitrogen and oxygen atoms in total. The highest BCUT2D eigenvalue weighted by Crippen LogP contribution is 2.15. The van der Waals surface area contributed by atoms with E-state index in [4.69, 9.17) is 0 Å². The molecule has 0 aliphatic carbocycles. The fourth-order valence-electron chi connectivity index (χ4n) is 2.32. The van der Waals surface area contributed by atoms with Crippen molar-refractivity contribution in [3.63, 3.8) is 0 Å². The van der Waals surface area contributed by atoms with Crippen molar-refractivity contribution in [1.29, 1.82) is 0 Å². The molecule has 1 aromatic carbocycles. The highest BCUT2D eigenvalue weighted by atomic mass is 16.1. The molecule has 0 radical (unpaired) electrons. The summed E-state index contributed by atoms with van der Waals surface area (Å²) in [7, 11) is 0. The second kappa shape index (κ2) is 8.62. The molecule has 3 heteroatoms. The number of nitrogens with zero attached hydrogens (tertiary/aromatic N) is 1.